The highest BCUT2D eigenvalue weighted by molar-refractivity contribution is 8.00. The number of β-lactam (4-membered cyclic amide) rings is 1. The van der Waals surface area contributed by atoms with Gasteiger partial charge in [0.1, 0.15) is 4.49 Å². The van der Waals surface area contributed by atoms with Crippen LogP contribution in [0.5, 0.6) is 0 Å². The summed E-state index contributed by atoms with van der Waals surface area (Å²) in [6.07, 6.45) is 4.17. The fraction of sp³-hybridized carbons (Fsp3) is 0.375. The van der Waals surface area contributed by atoms with Crippen molar-refractivity contribution in [2.75, 3.05) is 5.75 Å². The van der Waals surface area contributed by atoms with Gasteiger partial charge in [-0.15, -0.1) is 11.8 Å². The molecule has 2 aliphatic rings. The topological polar surface area (TPSA) is 20.3 Å². The Balaban J connectivity index is 2.14. The van der Waals surface area contributed by atoms with Crippen LogP contribution < -0.4 is 0 Å². The van der Waals surface area contributed by atoms with Gasteiger partial charge in [-0.1, -0.05) is 23.2 Å². The molecular weight excluding hydrogens is 229 g/mol. The number of rotatable bonds is 1. The molecule has 13 heavy (non-hydrogen) atoms. The minimum absolute atomic E-state index is 0.175. The highest BCUT2D eigenvalue weighted by Crippen LogP contribution is 2.36. The highest BCUT2D eigenvalue weighted by atomic mass is 35.5. The molecule has 0 radical (unpaired) electrons. The molecule has 2 rings (SSSR count). The van der Waals surface area contributed by atoms with E-state index in [0.717, 1.165) is 11.3 Å². The number of carbonyl (C=O) groups excluding carboxylic acids is 1. The van der Waals surface area contributed by atoms with Gasteiger partial charge in [0.25, 0.3) is 0 Å². The first-order valence-electron chi connectivity index (χ1n) is 3.83. The summed E-state index contributed by atoms with van der Waals surface area (Å²) in [6, 6.07) is 0. The summed E-state index contributed by atoms with van der Waals surface area (Å²) < 4.78 is 0.235. The fourth-order valence-electron chi connectivity index (χ4n) is 1.32. The molecule has 0 aliphatic carbocycles. The number of thioether (sulfide) groups is 1. The Bertz CT molecular complexity index is 309. The predicted octanol–water partition coefficient (Wildman–Crippen LogP) is 2.49. The van der Waals surface area contributed by atoms with Crippen LogP contribution >= 0.6 is 35.0 Å². The second kappa shape index (κ2) is 3.56. The van der Waals surface area contributed by atoms with Gasteiger partial charge in [0.05, 0.1) is 11.8 Å². The minimum atomic E-state index is 0.175. The first-order valence-corrected chi connectivity index (χ1v) is 5.63. The quantitative estimate of drug-likeness (QED) is 0.652. The van der Waals surface area contributed by atoms with Gasteiger partial charge >= 0.3 is 0 Å². The molecule has 2 aliphatic heterocycles. The maximum absolute atomic E-state index is 11.1. The molecule has 0 aromatic rings. The van der Waals surface area contributed by atoms with Crippen LogP contribution in [0.25, 0.3) is 0 Å². The van der Waals surface area contributed by atoms with Crippen molar-refractivity contribution < 1.29 is 4.79 Å². The van der Waals surface area contributed by atoms with Crippen molar-refractivity contribution in [2.24, 2.45) is 0 Å². The Morgan fingerprint density at radius 1 is 1.69 bits per heavy atom. The van der Waals surface area contributed by atoms with E-state index in [1.807, 2.05) is 6.20 Å². The predicted molar refractivity (Wildman–Crippen MR) is 55.6 cm³/mol. The van der Waals surface area contributed by atoms with Crippen molar-refractivity contribution in [3.63, 3.8) is 0 Å². The van der Waals surface area contributed by atoms with E-state index in [1.54, 1.807) is 22.7 Å². The van der Waals surface area contributed by atoms with Gasteiger partial charge in [-0.05, 0) is 11.6 Å². The van der Waals surface area contributed by atoms with E-state index in [2.05, 4.69) is 0 Å². The lowest BCUT2D eigenvalue weighted by Gasteiger charge is -2.40. The van der Waals surface area contributed by atoms with Crippen LogP contribution in [0.1, 0.15) is 6.42 Å². The SMILES string of the molecule is O=C1C[C@H]2SCC(C=C(Cl)Cl)=CN12. The van der Waals surface area contributed by atoms with Gasteiger partial charge in [-0.25, -0.2) is 0 Å². The Labute approximate surface area is 90.6 Å². The molecule has 0 spiro atoms. The molecule has 0 aromatic carbocycles. The third-order valence-corrected chi connectivity index (χ3v) is 3.49. The van der Waals surface area contributed by atoms with Crippen LogP contribution in [0.3, 0.4) is 0 Å². The van der Waals surface area contributed by atoms with Crippen molar-refractivity contribution in [1.82, 2.24) is 4.90 Å². The first kappa shape index (κ1) is 9.44. The average Bonchev–Trinajstić information content (AvgIpc) is 2.05. The zero-order chi connectivity index (χ0) is 9.42. The number of hydrogen-bond donors (Lipinski definition) is 0. The minimum Gasteiger partial charge on any atom is -0.306 e. The molecule has 0 bridgehead atoms. The molecule has 0 N–H and O–H groups in total. The van der Waals surface area contributed by atoms with Gasteiger partial charge in [0, 0.05) is 12.0 Å². The molecule has 1 amide bonds. The van der Waals surface area contributed by atoms with E-state index in [-0.39, 0.29) is 10.4 Å². The summed E-state index contributed by atoms with van der Waals surface area (Å²) in [5, 5.41) is 0.346. The number of carbonyl (C=O) groups is 1. The summed E-state index contributed by atoms with van der Waals surface area (Å²) in [6.45, 7) is 0. The van der Waals surface area contributed by atoms with E-state index in [4.69, 9.17) is 23.2 Å². The molecule has 2 nitrogen and oxygen atoms in total. The van der Waals surface area contributed by atoms with Crippen LogP contribution in [-0.2, 0) is 4.79 Å². The Morgan fingerprint density at radius 2 is 2.46 bits per heavy atom. The van der Waals surface area contributed by atoms with E-state index >= 15 is 0 Å². The van der Waals surface area contributed by atoms with E-state index < -0.39 is 0 Å². The summed E-state index contributed by atoms with van der Waals surface area (Å²) in [5.41, 5.74) is 0.995. The molecule has 1 saturated heterocycles. The molecular formula is C8H7Cl2NOS. The van der Waals surface area contributed by atoms with Gasteiger partial charge < -0.3 is 4.90 Å². The Morgan fingerprint density at radius 3 is 3.08 bits per heavy atom. The second-order valence-electron chi connectivity index (χ2n) is 2.91. The van der Waals surface area contributed by atoms with Crippen LogP contribution in [0, 0.1) is 0 Å². The lowest BCUT2D eigenvalue weighted by atomic mass is 10.2. The second-order valence-corrected chi connectivity index (χ2v) is 5.08. The third-order valence-electron chi connectivity index (χ3n) is 1.99. The van der Waals surface area contributed by atoms with Crippen LogP contribution in [0.2, 0.25) is 0 Å². The van der Waals surface area contributed by atoms with Crippen molar-refractivity contribution in [3.05, 3.63) is 22.3 Å². The number of allylic oxidation sites excluding steroid dienone is 1. The molecule has 0 unspecified atom stereocenters. The van der Waals surface area contributed by atoms with Crippen molar-refractivity contribution in [2.45, 2.75) is 11.8 Å². The normalized spacial score (nSPS) is 26.0. The van der Waals surface area contributed by atoms with Gasteiger partial charge in [0.2, 0.25) is 5.91 Å². The monoisotopic (exact) mass is 235 g/mol. The highest BCUT2D eigenvalue weighted by Gasteiger charge is 2.37. The largest absolute Gasteiger partial charge is 0.306 e. The fourth-order valence-corrected chi connectivity index (χ4v) is 2.75. The molecule has 1 atom stereocenters. The number of hydrogen-bond acceptors (Lipinski definition) is 2. The zero-order valence-electron chi connectivity index (χ0n) is 6.67. The maximum atomic E-state index is 11.1. The van der Waals surface area contributed by atoms with Gasteiger partial charge in [-0.2, -0.15) is 0 Å². The average molecular weight is 236 g/mol. The van der Waals surface area contributed by atoms with Crippen molar-refractivity contribution in [1.29, 1.82) is 0 Å². The van der Waals surface area contributed by atoms with E-state index in [1.165, 1.54) is 0 Å². The van der Waals surface area contributed by atoms with E-state index in [0.29, 0.717) is 11.8 Å². The lowest BCUT2D eigenvalue weighted by molar-refractivity contribution is -0.137. The van der Waals surface area contributed by atoms with Crippen LogP contribution in [0.4, 0.5) is 0 Å². The molecule has 1 fully saturated rings. The molecule has 70 valence electrons. The smallest absolute Gasteiger partial charge is 0.230 e. The van der Waals surface area contributed by atoms with Gasteiger partial charge in [0.15, 0.2) is 0 Å². The van der Waals surface area contributed by atoms with E-state index in [9.17, 15) is 4.79 Å². The summed E-state index contributed by atoms with van der Waals surface area (Å²) in [7, 11) is 0. The standard InChI is InChI=1S/C8H7Cl2NOS/c9-6(10)1-5-3-11-7(12)2-8(11)13-4-5/h1,3,8H,2,4H2/t8-/m1/s1. The molecule has 5 heteroatoms. The Kier molecular flexibility index (Phi) is 2.58. The molecule has 2 heterocycles. The number of amides is 1. The lowest BCUT2D eigenvalue weighted by Crippen LogP contribution is -2.49. The van der Waals surface area contributed by atoms with Crippen LogP contribution in [0.15, 0.2) is 22.3 Å². The van der Waals surface area contributed by atoms with Crippen molar-refractivity contribution in [3.8, 4) is 0 Å². The molecule has 0 saturated carbocycles. The third kappa shape index (κ3) is 1.87. The summed E-state index contributed by atoms with van der Waals surface area (Å²) in [5.74, 6) is 1.05. The molecule has 0 aromatic heterocycles. The van der Waals surface area contributed by atoms with Gasteiger partial charge in [-0.3, -0.25) is 4.79 Å². The number of fused-ring (bicyclic) bond motifs is 1. The van der Waals surface area contributed by atoms with Crippen LogP contribution in [-0.4, -0.2) is 21.9 Å². The first-order chi connectivity index (χ1) is 6.16. The Hall–Kier alpha value is -0.120. The van der Waals surface area contributed by atoms with Crippen molar-refractivity contribution >= 4 is 40.9 Å². The zero-order valence-corrected chi connectivity index (χ0v) is 8.99. The maximum Gasteiger partial charge on any atom is 0.230 e. The summed E-state index contributed by atoms with van der Waals surface area (Å²) in [4.78, 5) is 12.8. The summed E-state index contributed by atoms with van der Waals surface area (Å²) >= 11 is 12.8. The number of nitrogens with zero attached hydrogens (tertiary/aromatic N) is 1. The number of halogens is 2.